The molecule has 0 radical (unpaired) electrons. The van der Waals surface area contributed by atoms with Gasteiger partial charge in [-0.2, -0.15) is 0 Å². The summed E-state index contributed by atoms with van der Waals surface area (Å²) in [5.74, 6) is 0.569. The summed E-state index contributed by atoms with van der Waals surface area (Å²) in [5.41, 5.74) is 6.92. The van der Waals surface area contributed by atoms with Crippen molar-refractivity contribution in [2.45, 2.75) is 46.0 Å². The van der Waals surface area contributed by atoms with Crippen molar-refractivity contribution in [3.05, 3.63) is 65.3 Å². The van der Waals surface area contributed by atoms with Gasteiger partial charge in [0.1, 0.15) is 0 Å². The average molecular weight is 252 g/mol. The van der Waals surface area contributed by atoms with Gasteiger partial charge in [-0.25, -0.2) is 0 Å². The minimum Gasteiger partial charge on any atom is -0.0984 e. The van der Waals surface area contributed by atoms with Gasteiger partial charge in [0.2, 0.25) is 0 Å². The first-order chi connectivity index (χ1) is 8.93. The summed E-state index contributed by atoms with van der Waals surface area (Å²) in [4.78, 5) is 0. The summed E-state index contributed by atoms with van der Waals surface area (Å²) >= 11 is 0. The van der Waals surface area contributed by atoms with Crippen molar-refractivity contribution < 1.29 is 0 Å². The van der Waals surface area contributed by atoms with E-state index in [4.69, 9.17) is 0 Å². The van der Waals surface area contributed by atoms with Gasteiger partial charge in [-0.3, -0.25) is 0 Å². The maximum Gasteiger partial charge on any atom is 0.0158 e. The molecule has 0 saturated heterocycles. The Labute approximate surface area is 117 Å². The summed E-state index contributed by atoms with van der Waals surface area (Å²) in [5, 5.41) is 0. The Morgan fingerprint density at radius 3 is 2.42 bits per heavy atom. The zero-order valence-corrected chi connectivity index (χ0v) is 12.7. The molecular weight excluding hydrogens is 228 g/mol. The predicted molar refractivity (Wildman–Crippen MR) is 85.5 cm³/mol. The van der Waals surface area contributed by atoms with Crippen LogP contribution in [-0.2, 0) is 5.41 Å². The molecule has 0 aromatic heterocycles. The van der Waals surface area contributed by atoms with E-state index in [2.05, 4.69) is 71.5 Å². The van der Waals surface area contributed by atoms with E-state index in [0.717, 1.165) is 0 Å². The number of hydrogen-bond donors (Lipinski definition) is 0. The first-order valence-electron chi connectivity index (χ1n) is 7.08. The van der Waals surface area contributed by atoms with Crippen molar-refractivity contribution in [3.8, 4) is 0 Å². The van der Waals surface area contributed by atoms with Crippen LogP contribution in [0.2, 0.25) is 0 Å². The molecule has 100 valence electrons. The van der Waals surface area contributed by atoms with Crippen molar-refractivity contribution >= 4 is 5.57 Å². The molecule has 1 aliphatic rings. The van der Waals surface area contributed by atoms with Crippen LogP contribution in [0.3, 0.4) is 0 Å². The lowest BCUT2D eigenvalue weighted by Gasteiger charge is -2.24. The Hall–Kier alpha value is -1.56. The van der Waals surface area contributed by atoms with Gasteiger partial charge in [-0.15, -0.1) is 0 Å². The third kappa shape index (κ3) is 2.10. The zero-order valence-electron chi connectivity index (χ0n) is 12.7. The molecule has 0 nitrogen and oxygen atoms in total. The van der Waals surface area contributed by atoms with Crippen LogP contribution >= 0.6 is 0 Å². The lowest BCUT2D eigenvalue weighted by molar-refractivity contribution is 0.651. The molecule has 19 heavy (non-hydrogen) atoms. The van der Waals surface area contributed by atoms with Crippen LogP contribution in [0.25, 0.3) is 5.57 Å². The van der Waals surface area contributed by atoms with E-state index in [0.29, 0.717) is 5.92 Å². The molecule has 0 amide bonds. The quantitative estimate of drug-likeness (QED) is 0.655. The lowest BCUT2D eigenvalue weighted by atomic mass is 9.80. The number of rotatable bonds is 3. The fourth-order valence-electron chi connectivity index (χ4n) is 2.98. The highest BCUT2D eigenvalue weighted by atomic mass is 14.4. The highest BCUT2D eigenvalue weighted by Crippen LogP contribution is 2.47. The maximum absolute atomic E-state index is 4.01. The number of benzene rings is 1. The molecule has 0 atom stereocenters. The minimum absolute atomic E-state index is 0.0657. The molecule has 0 N–H and O–H groups in total. The molecule has 1 aromatic carbocycles. The second kappa shape index (κ2) is 4.85. The summed E-state index contributed by atoms with van der Waals surface area (Å²) < 4.78 is 0. The van der Waals surface area contributed by atoms with Gasteiger partial charge in [0.05, 0.1) is 0 Å². The normalized spacial score (nSPS) is 17.4. The fraction of sp³-hybridized carbons (Fsp3) is 0.368. The Morgan fingerprint density at radius 2 is 1.89 bits per heavy atom. The predicted octanol–water partition coefficient (Wildman–Crippen LogP) is 5.62. The third-order valence-corrected chi connectivity index (χ3v) is 4.17. The highest BCUT2D eigenvalue weighted by Gasteiger charge is 2.35. The Kier molecular flexibility index (Phi) is 3.54. The molecular formula is C19H24. The smallest absolute Gasteiger partial charge is 0.0158 e. The van der Waals surface area contributed by atoms with E-state index in [-0.39, 0.29) is 5.41 Å². The van der Waals surface area contributed by atoms with Crippen molar-refractivity contribution in [3.63, 3.8) is 0 Å². The Morgan fingerprint density at radius 1 is 1.21 bits per heavy atom. The van der Waals surface area contributed by atoms with E-state index >= 15 is 0 Å². The van der Waals surface area contributed by atoms with E-state index < -0.39 is 0 Å². The van der Waals surface area contributed by atoms with Crippen molar-refractivity contribution in [1.29, 1.82) is 0 Å². The summed E-state index contributed by atoms with van der Waals surface area (Å²) in [6.45, 7) is 15.2. The SMILES string of the molecule is C=CC1=C(/C=C\C)C(C)(C)c2cc(C(C)C)ccc21. The van der Waals surface area contributed by atoms with Gasteiger partial charge in [-0.05, 0) is 40.7 Å². The van der Waals surface area contributed by atoms with E-state index in [1.807, 2.05) is 6.08 Å². The Balaban J connectivity index is 2.68. The van der Waals surface area contributed by atoms with Crippen molar-refractivity contribution in [2.75, 3.05) is 0 Å². The first-order valence-corrected chi connectivity index (χ1v) is 7.08. The number of allylic oxidation sites excluding steroid dienone is 5. The first kappa shape index (κ1) is 13.9. The van der Waals surface area contributed by atoms with Crippen LogP contribution in [-0.4, -0.2) is 0 Å². The van der Waals surface area contributed by atoms with Crippen molar-refractivity contribution in [1.82, 2.24) is 0 Å². The van der Waals surface area contributed by atoms with Crippen LogP contribution in [0, 0.1) is 0 Å². The molecule has 1 aromatic rings. The van der Waals surface area contributed by atoms with Gasteiger partial charge in [0, 0.05) is 5.41 Å². The van der Waals surface area contributed by atoms with Gasteiger partial charge < -0.3 is 0 Å². The number of hydrogen-bond acceptors (Lipinski definition) is 0. The summed E-state index contributed by atoms with van der Waals surface area (Å²) in [7, 11) is 0. The highest BCUT2D eigenvalue weighted by molar-refractivity contribution is 5.87. The van der Waals surface area contributed by atoms with Gasteiger partial charge >= 0.3 is 0 Å². The summed E-state index contributed by atoms with van der Waals surface area (Å²) in [6, 6.07) is 6.89. The average Bonchev–Trinajstić information content (AvgIpc) is 2.58. The van der Waals surface area contributed by atoms with E-state index in [9.17, 15) is 0 Å². The summed E-state index contributed by atoms with van der Waals surface area (Å²) in [6.07, 6.45) is 6.35. The van der Waals surface area contributed by atoms with Crippen molar-refractivity contribution in [2.24, 2.45) is 0 Å². The zero-order chi connectivity index (χ0) is 14.2. The molecule has 0 aliphatic heterocycles. The van der Waals surface area contributed by atoms with E-state index in [1.54, 1.807) is 0 Å². The van der Waals surface area contributed by atoms with Crippen LogP contribution in [0.5, 0.6) is 0 Å². The molecule has 0 unspecified atom stereocenters. The van der Waals surface area contributed by atoms with Gasteiger partial charge in [0.25, 0.3) is 0 Å². The monoisotopic (exact) mass is 252 g/mol. The van der Waals surface area contributed by atoms with Gasteiger partial charge in [-0.1, -0.05) is 70.7 Å². The lowest BCUT2D eigenvalue weighted by Crippen LogP contribution is -2.16. The van der Waals surface area contributed by atoms with Crippen LogP contribution in [0.4, 0.5) is 0 Å². The standard InChI is InChI=1S/C19H24/c1-7-9-17-15(8-2)16-11-10-14(13(3)4)12-18(16)19(17,5)6/h7-13H,2H2,1,3-6H3/b9-7-. The Bertz CT molecular complexity index is 566. The van der Waals surface area contributed by atoms with Crippen LogP contribution < -0.4 is 0 Å². The second-order valence-electron chi connectivity index (χ2n) is 6.12. The van der Waals surface area contributed by atoms with E-state index in [1.165, 1.54) is 27.8 Å². The molecule has 0 bridgehead atoms. The third-order valence-electron chi connectivity index (χ3n) is 4.17. The molecule has 0 spiro atoms. The maximum atomic E-state index is 4.01. The van der Waals surface area contributed by atoms with Gasteiger partial charge in [0.15, 0.2) is 0 Å². The van der Waals surface area contributed by atoms with Crippen LogP contribution in [0.1, 0.15) is 57.2 Å². The van der Waals surface area contributed by atoms with Crippen LogP contribution in [0.15, 0.2) is 48.6 Å². The topological polar surface area (TPSA) is 0 Å². The number of fused-ring (bicyclic) bond motifs is 1. The molecule has 0 heterocycles. The largest absolute Gasteiger partial charge is 0.0984 e. The minimum atomic E-state index is 0.0657. The fourth-order valence-corrected chi connectivity index (χ4v) is 2.98. The molecule has 2 rings (SSSR count). The second-order valence-corrected chi connectivity index (χ2v) is 6.12. The molecule has 0 saturated carbocycles. The molecule has 0 heteroatoms. The molecule has 1 aliphatic carbocycles. The molecule has 0 fully saturated rings.